The Morgan fingerprint density at radius 1 is 1.00 bits per heavy atom. The van der Waals surface area contributed by atoms with Crippen molar-refractivity contribution in [3.05, 3.63) is 77.2 Å². The largest absolute Gasteiger partial charge is 0.490 e. The monoisotopic (exact) mass is 540 g/mol. The highest BCUT2D eigenvalue weighted by atomic mass is 19.4. The maximum atomic E-state index is 13.6. The lowest BCUT2D eigenvalue weighted by atomic mass is 10.2. The van der Waals surface area contributed by atoms with Crippen LogP contribution in [0, 0.1) is 0 Å². The summed E-state index contributed by atoms with van der Waals surface area (Å²) in [6.07, 6.45) is -1.97. The molecule has 0 radical (unpaired) electrons. The number of halogens is 3. The number of fused-ring (bicyclic) bond motifs is 1. The smallest absolute Gasteiger partial charge is 0.433 e. The van der Waals surface area contributed by atoms with Gasteiger partial charge in [0.2, 0.25) is 0 Å². The van der Waals surface area contributed by atoms with Gasteiger partial charge in [0.25, 0.3) is 5.91 Å². The zero-order chi connectivity index (χ0) is 27.6. The SMILES string of the molecule is CCOc1ccc(COc2ccc(NC(=O)c3cnn4c(C(F)(F)F)cc(C5CC5)nc34)cc2)cc1OCC. The highest BCUT2D eigenvalue weighted by molar-refractivity contribution is 6.08. The molecule has 39 heavy (non-hydrogen) atoms. The Morgan fingerprint density at radius 2 is 1.72 bits per heavy atom. The van der Waals surface area contributed by atoms with Gasteiger partial charge in [-0.15, -0.1) is 0 Å². The lowest BCUT2D eigenvalue weighted by Crippen LogP contribution is -2.16. The van der Waals surface area contributed by atoms with Gasteiger partial charge in [-0.1, -0.05) is 6.07 Å². The van der Waals surface area contributed by atoms with E-state index in [4.69, 9.17) is 14.2 Å². The van der Waals surface area contributed by atoms with Gasteiger partial charge in [-0.05, 0) is 74.7 Å². The number of ether oxygens (including phenoxy) is 3. The zero-order valence-electron chi connectivity index (χ0n) is 21.4. The fourth-order valence-electron chi connectivity index (χ4n) is 4.12. The number of amides is 1. The van der Waals surface area contributed by atoms with E-state index in [9.17, 15) is 18.0 Å². The number of alkyl halides is 3. The third kappa shape index (κ3) is 5.92. The van der Waals surface area contributed by atoms with Crippen molar-refractivity contribution in [3.63, 3.8) is 0 Å². The standard InChI is InChI=1S/C28H27F3N4O4/c1-3-37-23-12-5-17(13-24(23)38-4-2)16-39-20-10-8-19(9-11-20)33-27(36)21-15-32-35-25(28(29,30)31)14-22(18-6-7-18)34-26(21)35/h5,8-15,18H,3-4,6-7,16H2,1-2H3,(H,33,36). The zero-order valence-corrected chi connectivity index (χ0v) is 21.4. The average molecular weight is 541 g/mol. The molecule has 1 aliphatic rings. The van der Waals surface area contributed by atoms with Gasteiger partial charge in [0.05, 0.1) is 19.4 Å². The third-order valence-electron chi connectivity index (χ3n) is 6.15. The molecule has 2 heterocycles. The molecular formula is C28H27F3N4O4. The maximum absolute atomic E-state index is 13.6. The molecule has 1 amide bonds. The van der Waals surface area contributed by atoms with Gasteiger partial charge in [-0.2, -0.15) is 18.3 Å². The number of hydrogen-bond donors (Lipinski definition) is 1. The predicted molar refractivity (Wildman–Crippen MR) is 137 cm³/mol. The van der Waals surface area contributed by atoms with Crippen LogP contribution in [0.3, 0.4) is 0 Å². The summed E-state index contributed by atoms with van der Waals surface area (Å²) in [5.41, 5.74) is 0.557. The minimum absolute atomic E-state index is 0.0252. The summed E-state index contributed by atoms with van der Waals surface area (Å²) in [6, 6.07) is 13.3. The summed E-state index contributed by atoms with van der Waals surface area (Å²) in [6.45, 7) is 5.13. The van der Waals surface area contributed by atoms with Crippen LogP contribution in [-0.4, -0.2) is 33.7 Å². The fourth-order valence-corrected chi connectivity index (χ4v) is 4.12. The molecule has 0 unspecified atom stereocenters. The van der Waals surface area contributed by atoms with Crippen LogP contribution in [0.25, 0.3) is 5.65 Å². The molecule has 11 heteroatoms. The molecule has 1 N–H and O–H groups in total. The first-order valence-corrected chi connectivity index (χ1v) is 12.7. The Hall–Kier alpha value is -4.28. The summed E-state index contributed by atoms with van der Waals surface area (Å²) < 4.78 is 58.7. The number of carbonyl (C=O) groups is 1. The van der Waals surface area contributed by atoms with Crippen LogP contribution in [0.15, 0.2) is 54.7 Å². The Labute approximate surface area is 222 Å². The molecule has 1 saturated carbocycles. The highest BCUT2D eigenvalue weighted by Gasteiger charge is 2.38. The number of carbonyl (C=O) groups excluding carboxylic acids is 1. The predicted octanol–water partition coefficient (Wildman–Crippen LogP) is 6.25. The minimum Gasteiger partial charge on any atom is -0.490 e. The van der Waals surface area contributed by atoms with E-state index in [1.54, 1.807) is 24.3 Å². The quantitative estimate of drug-likeness (QED) is 0.256. The first kappa shape index (κ1) is 26.3. The Morgan fingerprint density at radius 3 is 2.38 bits per heavy atom. The second-order valence-electron chi connectivity index (χ2n) is 9.05. The molecule has 2 aromatic carbocycles. The molecule has 204 valence electrons. The molecule has 0 saturated heterocycles. The van der Waals surface area contributed by atoms with Crippen LogP contribution >= 0.6 is 0 Å². The average Bonchev–Trinajstić information content (AvgIpc) is 3.67. The summed E-state index contributed by atoms with van der Waals surface area (Å²) in [5.74, 6) is 1.25. The molecule has 5 rings (SSSR count). The van der Waals surface area contributed by atoms with Crippen molar-refractivity contribution in [1.29, 1.82) is 0 Å². The lowest BCUT2D eigenvalue weighted by Gasteiger charge is -2.13. The molecule has 8 nitrogen and oxygen atoms in total. The maximum Gasteiger partial charge on any atom is 0.433 e. The summed E-state index contributed by atoms with van der Waals surface area (Å²) >= 11 is 0. The number of aromatic nitrogens is 3. The van der Waals surface area contributed by atoms with E-state index in [1.165, 1.54) is 0 Å². The number of rotatable bonds is 10. The van der Waals surface area contributed by atoms with Crippen molar-refractivity contribution >= 4 is 17.2 Å². The van der Waals surface area contributed by atoms with E-state index in [0.717, 1.165) is 30.7 Å². The molecule has 0 aliphatic heterocycles. The molecule has 0 bridgehead atoms. The van der Waals surface area contributed by atoms with Crippen LogP contribution < -0.4 is 19.5 Å². The van der Waals surface area contributed by atoms with E-state index >= 15 is 0 Å². The highest BCUT2D eigenvalue weighted by Crippen LogP contribution is 2.41. The molecule has 0 spiro atoms. The normalized spacial score (nSPS) is 13.4. The minimum atomic E-state index is -4.63. The number of hydrogen-bond acceptors (Lipinski definition) is 6. The molecule has 2 aromatic heterocycles. The van der Waals surface area contributed by atoms with Crippen LogP contribution in [0.1, 0.15) is 59.9 Å². The number of nitrogens with one attached hydrogen (secondary N) is 1. The second-order valence-corrected chi connectivity index (χ2v) is 9.05. The van der Waals surface area contributed by atoms with Crippen LogP contribution in [-0.2, 0) is 12.8 Å². The van der Waals surface area contributed by atoms with Gasteiger partial charge < -0.3 is 19.5 Å². The summed E-state index contributed by atoms with van der Waals surface area (Å²) in [7, 11) is 0. The van der Waals surface area contributed by atoms with Gasteiger partial charge in [-0.3, -0.25) is 4.79 Å². The topological polar surface area (TPSA) is 87.0 Å². The lowest BCUT2D eigenvalue weighted by molar-refractivity contribution is -0.142. The van der Waals surface area contributed by atoms with Crippen LogP contribution in [0.5, 0.6) is 17.2 Å². The van der Waals surface area contributed by atoms with Crippen LogP contribution in [0.2, 0.25) is 0 Å². The van der Waals surface area contributed by atoms with Gasteiger partial charge in [0, 0.05) is 17.3 Å². The summed E-state index contributed by atoms with van der Waals surface area (Å²) in [5, 5.41) is 6.51. The van der Waals surface area contributed by atoms with E-state index in [1.807, 2.05) is 32.0 Å². The molecule has 0 atom stereocenters. The van der Waals surface area contributed by atoms with Crippen molar-refractivity contribution in [3.8, 4) is 17.2 Å². The molecule has 1 aliphatic carbocycles. The van der Waals surface area contributed by atoms with Crippen LogP contribution in [0.4, 0.5) is 18.9 Å². The number of anilines is 1. The van der Waals surface area contributed by atoms with Crippen molar-refractivity contribution in [1.82, 2.24) is 14.6 Å². The van der Waals surface area contributed by atoms with E-state index < -0.39 is 17.8 Å². The third-order valence-corrected chi connectivity index (χ3v) is 6.15. The van der Waals surface area contributed by atoms with Gasteiger partial charge >= 0.3 is 6.18 Å². The van der Waals surface area contributed by atoms with E-state index in [2.05, 4.69) is 15.4 Å². The Bertz CT molecular complexity index is 1480. The Balaban J connectivity index is 1.27. The van der Waals surface area contributed by atoms with E-state index in [0.29, 0.717) is 46.4 Å². The summed E-state index contributed by atoms with van der Waals surface area (Å²) in [4.78, 5) is 17.3. The van der Waals surface area contributed by atoms with E-state index in [-0.39, 0.29) is 23.7 Å². The Kier molecular flexibility index (Phi) is 7.32. The number of nitrogens with zero attached hydrogens (tertiary/aromatic N) is 3. The van der Waals surface area contributed by atoms with Crippen molar-refractivity contribution in [2.24, 2.45) is 0 Å². The van der Waals surface area contributed by atoms with Gasteiger partial charge in [0.15, 0.2) is 17.1 Å². The first-order valence-electron chi connectivity index (χ1n) is 12.7. The number of benzene rings is 2. The van der Waals surface area contributed by atoms with Crippen molar-refractivity contribution in [2.45, 2.75) is 45.4 Å². The molecule has 1 fully saturated rings. The molecule has 4 aromatic rings. The van der Waals surface area contributed by atoms with Crippen molar-refractivity contribution in [2.75, 3.05) is 18.5 Å². The van der Waals surface area contributed by atoms with Gasteiger partial charge in [0.1, 0.15) is 23.6 Å². The van der Waals surface area contributed by atoms with Gasteiger partial charge in [-0.25, -0.2) is 9.50 Å². The fraction of sp³-hybridized carbons (Fsp3) is 0.321. The molecular weight excluding hydrogens is 513 g/mol. The first-order chi connectivity index (χ1) is 18.8. The second kappa shape index (κ2) is 10.8. The van der Waals surface area contributed by atoms with Crippen molar-refractivity contribution < 1.29 is 32.2 Å².